The minimum Gasteiger partial charge on any atom is -0.310 e. The molecule has 0 bridgehead atoms. The first kappa shape index (κ1) is 17.4. The number of nitriles is 1. The van der Waals surface area contributed by atoms with Crippen molar-refractivity contribution >= 4 is 0 Å². The van der Waals surface area contributed by atoms with Crippen molar-refractivity contribution in [3.63, 3.8) is 0 Å². The molecular formula is C24H17N3O. The summed E-state index contributed by atoms with van der Waals surface area (Å²) in [4.78, 5) is 17.7. The van der Waals surface area contributed by atoms with Crippen molar-refractivity contribution in [3.8, 4) is 28.5 Å². The minimum atomic E-state index is -0.133. The van der Waals surface area contributed by atoms with Gasteiger partial charge in [0.15, 0.2) is 0 Å². The van der Waals surface area contributed by atoms with Crippen LogP contribution < -0.4 is 5.56 Å². The van der Waals surface area contributed by atoms with Crippen LogP contribution in [0.15, 0.2) is 96.1 Å². The molecule has 0 amide bonds. The van der Waals surface area contributed by atoms with Gasteiger partial charge in [0.05, 0.1) is 23.9 Å². The largest absolute Gasteiger partial charge is 0.310 e. The molecule has 4 aromatic rings. The Bertz CT molecular complexity index is 1210. The standard InChI is InChI=1S/C24H17N3O/c25-15-19-10-4-5-11-21(19)22-14-20(23-12-6-7-13-26-23)17-27(24(22)28)16-18-8-2-1-3-9-18/h1-14,17H,16H2. The van der Waals surface area contributed by atoms with E-state index >= 15 is 0 Å². The third-order valence-electron chi connectivity index (χ3n) is 4.58. The summed E-state index contributed by atoms with van der Waals surface area (Å²) in [5.74, 6) is 0. The predicted molar refractivity (Wildman–Crippen MR) is 110 cm³/mol. The number of hydrogen-bond donors (Lipinski definition) is 0. The van der Waals surface area contributed by atoms with Crippen LogP contribution in [0, 0.1) is 11.3 Å². The van der Waals surface area contributed by atoms with Crippen molar-refractivity contribution in [1.29, 1.82) is 5.26 Å². The van der Waals surface area contributed by atoms with E-state index in [0.717, 1.165) is 16.8 Å². The van der Waals surface area contributed by atoms with Gasteiger partial charge in [-0.2, -0.15) is 5.26 Å². The van der Waals surface area contributed by atoms with Gasteiger partial charge in [0.2, 0.25) is 0 Å². The Morgan fingerprint density at radius 1 is 0.893 bits per heavy atom. The van der Waals surface area contributed by atoms with E-state index in [1.54, 1.807) is 22.9 Å². The molecule has 0 aliphatic carbocycles. The number of rotatable bonds is 4. The molecule has 0 unspecified atom stereocenters. The van der Waals surface area contributed by atoms with Gasteiger partial charge in [-0.05, 0) is 29.8 Å². The molecule has 0 N–H and O–H groups in total. The third kappa shape index (κ3) is 3.46. The Labute approximate surface area is 163 Å². The SMILES string of the molecule is N#Cc1ccccc1-c1cc(-c2ccccn2)cn(Cc2ccccc2)c1=O. The van der Waals surface area contributed by atoms with Gasteiger partial charge in [-0.15, -0.1) is 0 Å². The van der Waals surface area contributed by atoms with E-state index < -0.39 is 0 Å². The topological polar surface area (TPSA) is 58.7 Å². The first-order valence-electron chi connectivity index (χ1n) is 8.95. The molecule has 28 heavy (non-hydrogen) atoms. The molecule has 4 rings (SSSR count). The maximum Gasteiger partial charge on any atom is 0.258 e. The van der Waals surface area contributed by atoms with Crippen molar-refractivity contribution in [1.82, 2.24) is 9.55 Å². The van der Waals surface area contributed by atoms with Crippen molar-refractivity contribution in [2.75, 3.05) is 0 Å². The fourth-order valence-electron chi connectivity index (χ4n) is 3.22. The summed E-state index contributed by atoms with van der Waals surface area (Å²) in [5.41, 5.74) is 4.11. The lowest BCUT2D eigenvalue weighted by atomic mass is 9.99. The highest BCUT2D eigenvalue weighted by Crippen LogP contribution is 2.25. The Kier molecular flexibility index (Phi) is 4.81. The lowest BCUT2D eigenvalue weighted by Gasteiger charge is -2.13. The fraction of sp³-hybridized carbons (Fsp3) is 0.0417. The molecule has 0 spiro atoms. The summed E-state index contributed by atoms with van der Waals surface area (Å²) >= 11 is 0. The summed E-state index contributed by atoms with van der Waals surface area (Å²) in [5, 5.41) is 9.49. The van der Waals surface area contributed by atoms with Gasteiger partial charge in [-0.3, -0.25) is 9.78 Å². The average molecular weight is 363 g/mol. The summed E-state index contributed by atoms with van der Waals surface area (Å²) in [7, 11) is 0. The molecule has 134 valence electrons. The van der Waals surface area contributed by atoms with E-state index in [1.807, 2.05) is 72.9 Å². The second-order valence-electron chi connectivity index (χ2n) is 6.43. The molecule has 4 heteroatoms. The summed E-state index contributed by atoms with van der Waals surface area (Å²) in [6, 6.07) is 26.7. The van der Waals surface area contributed by atoms with Crippen LogP contribution in [-0.2, 0) is 6.54 Å². The smallest absolute Gasteiger partial charge is 0.258 e. The highest BCUT2D eigenvalue weighted by Gasteiger charge is 2.14. The number of nitrogens with zero attached hydrogens (tertiary/aromatic N) is 3. The normalized spacial score (nSPS) is 10.4. The predicted octanol–water partition coefficient (Wildman–Crippen LogP) is 4.50. The Balaban J connectivity index is 1.94. The van der Waals surface area contributed by atoms with Crippen LogP contribution in [0.25, 0.3) is 22.4 Å². The summed E-state index contributed by atoms with van der Waals surface area (Å²) in [6.07, 6.45) is 3.56. The second kappa shape index (κ2) is 7.73. The van der Waals surface area contributed by atoms with Crippen LogP contribution in [0.2, 0.25) is 0 Å². The third-order valence-corrected chi connectivity index (χ3v) is 4.58. The van der Waals surface area contributed by atoms with Crippen LogP contribution >= 0.6 is 0 Å². The molecule has 0 aliphatic rings. The average Bonchev–Trinajstić information content (AvgIpc) is 2.76. The molecule has 2 aromatic carbocycles. The number of benzene rings is 2. The zero-order valence-electron chi connectivity index (χ0n) is 15.1. The van der Waals surface area contributed by atoms with Crippen molar-refractivity contribution in [3.05, 3.63) is 113 Å². The van der Waals surface area contributed by atoms with Crippen molar-refractivity contribution in [2.45, 2.75) is 6.54 Å². The van der Waals surface area contributed by atoms with E-state index in [1.165, 1.54) is 0 Å². The van der Waals surface area contributed by atoms with Gasteiger partial charge in [-0.25, -0.2) is 0 Å². The maximum absolute atomic E-state index is 13.3. The van der Waals surface area contributed by atoms with E-state index in [-0.39, 0.29) is 5.56 Å². The van der Waals surface area contributed by atoms with Crippen LogP contribution in [0.1, 0.15) is 11.1 Å². The highest BCUT2D eigenvalue weighted by molar-refractivity contribution is 5.74. The van der Waals surface area contributed by atoms with Crippen molar-refractivity contribution in [2.24, 2.45) is 0 Å². The molecule has 0 saturated heterocycles. The van der Waals surface area contributed by atoms with Crippen LogP contribution in [0.5, 0.6) is 0 Å². The van der Waals surface area contributed by atoms with E-state index in [4.69, 9.17) is 0 Å². The molecule has 2 aromatic heterocycles. The number of hydrogen-bond acceptors (Lipinski definition) is 3. The molecule has 0 saturated carbocycles. The van der Waals surface area contributed by atoms with Gasteiger partial charge in [0.1, 0.15) is 0 Å². The van der Waals surface area contributed by atoms with Crippen molar-refractivity contribution < 1.29 is 0 Å². The van der Waals surface area contributed by atoms with E-state index in [0.29, 0.717) is 23.2 Å². The van der Waals surface area contributed by atoms with Gasteiger partial charge in [0, 0.05) is 29.1 Å². The molecule has 0 atom stereocenters. The minimum absolute atomic E-state index is 0.133. The quantitative estimate of drug-likeness (QED) is 0.536. The van der Waals surface area contributed by atoms with Crippen LogP contribution in [0.3, 0.4) is 0 Å². The lowest BCUT2D eigenvalue weighted by Crippen LogP contribution is -2.22. The molecular weight excluding hydrogens is 346 g/mol. The molecule has 0 fully saturated rings. The van der Waals surface area contributed by atoms with E-state index in [2.05, 4.69) is 11.1 Å². The monoisotopic (exact) mass is 363 g/mol. The van der Waals surface area contributed by atoms with Gasteiger partial charge >= 0.3 is 0 Å². The lowest BCUT2D eigenvalue weighted by molar-refractivity contribution is 0.762. The first-order valence-corrected chi connectivity index (χ1v) is 8.95. The molecule has 4 nitrogen and oxygen atoms in total. The number of aromatic nitrogens is 2. The van der Waals surface area contributed by atoms with Gasteiger partial charge in [-0.1, -0.05) is 54.6 Å². The summed E-state index contributed by atoms with van der Waals surface area (Å²) in [6.45, 7) is 0.446. The van der Waals surface area contributed by atoms with Crippen LogP contribution in [-0.4, -0.2) is 9.55 Å². The van der Waals surface area contributed by atoms with Gasteiger partial charge < -0.3 is 4.57 Å². The Morgan fingerprint density at radius 3 is 2.39 bits per heavy atom. The number of pyridine rings is 2. The second-order valence-corrected chi connectivity index (χ2v) is 6.43. The Morgan fingerprint density at radius 2 is 1.64 bits per heavy atom. The first-order chi connectivity index (χ1) is 13.8. The molecule has 0 aliphatic heterocycles. The zero-order chi connectivity index (χ0) is 19.3. The highest BCUT2D eigenvalue weighted by atomic mass is 16.1. The zero-order valence-corrected chi connectivity index (χ0v) is 15.1. The Hall–Kier alpha value is -3.97. The fourth-order valence-corrected chi connectivity index (χ4v) is 3.22. The van der Waals surface area contributed by atoms with Gasteiger partial charge in [0.25, 0.3) is 5.56 Å². The van der Waals surface area contributed by atoms with Crippen LogP contribution in [0.4, 0.5) is 0 Å². The molecule has 0 radical (unpaired) electrons. The maximum atomic E-state index is 13.3. The molecule has 2 heterocycles. The van der Waals surface area contributed by atoms with E-state index in [9.17, 15) is 10.1 Å². The summed E-state index contributed by atoms with van der Waals surface area (Å²) < 4.78 is 1.68.